The number of halogens is 1. The first-order chi connectivity index (χ1) is 15.0. The highest BCUT2D eigenvalue weighted by Gasteiger charge is 2.32. The van der Waals surface area contributed by atoms with E-state index in [1.165, 1.54) is 10.5 Å². The minimum Gasteiger partial charge on any atom is -0.480 e. The average molecular weight is 435 g/mol. The minimum absolute atomic E-state index is 0.0794. The smallest absolute Gasteiger partial charge is 0.266 e. The zero-order valence-corrected chi connectivity index (χ0v) is 17.6. The van der Waals surface area contributed by atoms with Crippen LogP contribution in [-0.2, 0) is 22.7 Å². The van der Waals surface area contributed by atoms with Crippen molar-refractivity contribution >= 4 is 29.2 Å². The first-order valence-corrected chi connectivity index (χ1v) is 10.3. The van der Waals surface area contributed by atoms with Gasteiger partial charge >= 0.3 is 0 Å². The molecular formula is C23H19ClN4O3. The Bertz CT molecular complexity index is 1210. The SMILES string of the molecule is Cc1ccc2c(c1)CN(C(=O)CN1C(=O)COc3cc(-c4cc(Cl)ccn4)cnc31)C2. The van der Waals surface area contributed by atoms with Crippen LogP contribution in [0.3, 0.4) is 0 Å². The molecule has 0 N–H and O–H groups in total. The highest BCUT2D eigenvalue weighted by Crippen LogP contribution is 2.34. The largest absolute Gasteiger partial charge is 0.480 e. The van der Waals surface area contributed by atoms with Crippen molar-refractivity contribution in [3.8, 4) is 17.0 Å². The normalized spacial score (nSPS) is 14.8. The summed E-state index contributed by atoms with van der Waals surface area (Å²) in [4.78, 5) is 37.4. The number of benzene rings is 1. The van der Waals surface area contributed by atoms with Crippen LogP contribution in [0.4, 0.5) is 5.82 Å². The molecule has 0 saturated carbocycles. The monoisotopic (exact) mass is 434 g/mol. The number of hydrogen-bond donors (Lipinski definition) is 0. The Kier molecular flexibility index (Phi) is 4.82. The van der Waals surface area contributed by atoms with Gasteiger partial charge < -0.3 is 9.64 Å². The Hall–Kier alpha value is -3.45. The maximum Gasteiger partial charge on any atom is 0.266 e. The van der Waals surface area contributed by atoms with E-state index >= 15 is 0 Å². The van der Waals surface area contributed by atoms with Crippen molar-refractivity contribution < 1.29 is 14.3 Å². The zero-order chi connectivity index (χ0) is 21.5. The van der Waals surface area contributed by atoms with Gasteiger partial charge in [-0.15, -0.1) is 0 Å². The van der Waals surface area contributed by atoms with Gasteiger partial charge in [-0.2, -0.15) is 0 Å². The van der Waals surface area contributed by atoms with E-state index in [2.05, 4.69) is 22.1 Å². The number of pyridine rings is 2. The molecule has 4 heterocycles. The third kappa shape index (κ3) is 3.72. The van der Waals surface area contributed by atoms with Crippen LogP contribution in [0.2, 0.25) is 5.02 Å². The number of fused-ring (bicyclic) bond motifs is 2. The summed E-state index contributed by atoms with van der Waals surface area (Å²) in [5.74, 6) is 0.349. The van der Waals surface area contributed by atoms with Gasteiger partial charge in [0.25, 0.3) is 5.91 Å². The second kappa shape index (κ2) is 7.67. The Morgan fingerprint density at radius 2 is 1.97 bits per heavy atom. The van der Waals surface area contributed by atoms with Crippen LogP contribution in [-0.4, -0.2) is 39.8 Å². The van der Waals surface area contributed by atoms with Crippen LogP contribution >= 0.6 is 11.6 Å². The highest BCUT2D eigenvalue weighted by molar-refractivity contribution is 6.30. The fourth-order valence-electron chi connectivity index (χ4n) is 3.88. The molecule has 8 heteroatoms. The van der Waals surface area contributed by atoms with Crippen molar-refractivity contribution in [3.63, 3.8) is 0 Å². The Morgan fingerprint density at radius 3 is 2.81 bits per heavy atom. The Balaban J connectivity index is 1.37. The van der Waals surface area contributed by atoms with Crippen LogP contribution < -0.4 is 9.64 Å². The van der Waals surface area contributed by atoms with Crippen molar-refractivity contribution in [1.82, 2.24) is 14.9 Å². The van der Waals surface area contributed by atoms with Crippen LogP contribution in [0, 0.1) is 6.92 Å². The predicted octanol–water partition coefficient (Wildman–Crippen LogP) is 3.37. The summed E-state index contributed by atoms with van der Waals surface area (Å²) >= 11 is 6.06. The van der Waals surface area contributed by atoms with Crippen molar-refractivity contribution in [2.75, 3.05) is 18.1 Å². The lowest BCUT2D eigenvalue weighted by molar-refractivity contribution is -0.132. The Morgan fingerprint density at radius 1 is 1.13 bits per heavy atom. The molecule has 0 bridgehead atoms. The van der Waals surface area contributed by atoms with E-state index in [0.29, 0.717) is 40.9 Å². The van der Waals surface area contributed by atoms with E-state index in [4.69, 9.17) is 16.3 Å². The van der Waals surface area contributed by atoms with Gasteiger partial charge in [-0.25, -0.2) is 4.98 Å². The van der Waals surface area contributed by atoms with Gasteiger partial charge in [-0.1, -0.05) is 35.4 Å². The second-order valence-electron chi connectivity index (χ2n) is 7.70. The topological polar surface area (TPSA) is 75.6 Å². The summed E-state index contributed by atoms with van der Waals surface area (Å²) in [6.07, 6.45) is 3.22. The molecule has 0 atom stereocenters. The molecule has 0 saturated heterocycles. The number of anilines is 1. The van der Waals surface area contributed by atoms with E-state index in [-0.39, 0.29) is 25.0 Å². The van der Waals surface area contributed by atoms with E-state index in [1.54, 1.807) is 35.5 Å². The summed E-state index contributed by atoms with van der Waals surface area (Å²) in [6, 6.07) is 11.4. The lowest BCUT2D eigenvalue weighted by atomic mass is 10.1. The molecule has 7 nitrogen and oxygen atoms in total. The molecule has 5 rings (SSSR count). The van der Waals surface area contributed by atoms with Gasteiger partial charge in [0.05, 0.1) is 5.69 Å². The summed E-state index contributed by atoms with van der Waals surface area (Å²) in [6.45, 7) is 2.91. The lowest BCUT2D eigenvalue weighted by Gasteiger charge is -2.29. The molecule has 0 spiro atoms. The Labute approximate surface area is 184 Å². The third-order valence-electron chi connectivity index (χ3n) is 5.49. The van der Waals surface area contributed by atoms with Crippen LogP contribution in [0.5, 0.6) is 5.75 Å². The van der Waals surface area contributed by atoms with Crippen molar-refractivity contribution in [3.05, 3.63) is 70.5 Å². The number of rotatable bonds is 3. The van der Waals surface area contributed by atoms with Gasteiger partial charge in [0.15, 0.2) is 18.2 Å². The van der Waals surface area contributed by atoms with Crippen molar-refractivity contribution in [2.45, 2.75) is 20.0 Å². The fourth-order valence-corrected chi connectivity index (χ4v) is 4.04. The summed E-state index contributed by atoms with van der Waals surface area (Å²) in [7, 11) is 0. The van der Waals surface area contributed by atoms with Crippen LogP contribution in [0.25, 0.3) is 11.3 Å². The second-order valence-corrected chi connectivity index (χ2v) is 8.13. The van der Waals surface area contributed by atoms with Gasteiger partial charge in [0.1, 0.15) is 6.54 Å². The van der Waals surface area contributed by atoms with Gasteiger partial charge in [-0.3, -0.25) is 19.5 Å². The number of hydrogen-bond acceptors (Lipinski definition) is 5. The maximum atomic E-state index is 13.0. The maximum absolute atomic E-state index is 13.0. The number of carbonyl (C=O) groups excluding carboxylic acids is 2. The molecule has 2 aromatic heterocycles. The molecule has 0 unspecified atom stereocenters. The lowest BCUT2D eigenvalue weighted by Crippen LogP contribution is -2.45. The molecule has 1 aromatic carbocycles. The number of amides is 2. The molecule has 2 aliphatic rings. The number of carbonyl (C=O) groups is 2. The standard InChI is InChI=1S/C23H19ClN4O3/c1-14-2-3-15-10-27(11-17(15)6-14)21(29)12-28-22(30)13-31-20-7-16(9-26-23(20)28)19-8-18(24)4-5-25-19/h2-9H,10-13H2,1H3. The predicted molar refractivity (Wildman–Crippen MR) is 116 cm³/mol. The molecule has 31 heavy (non-hydrogen) atoms. The fraction of sp³-hybridized carbons (Fsp3) is 0.217. The highest BCUT2D eigenvalue weighted by atomic mass is 35.5. The van der Waals surface area contributed by atoms with E-state index in [0.717, 1.165) is 11.1 Å². The quantitative estimate of drug-likeness (QED) is 0.631. The summed E-state index contributed by atoms with van der Waals surface area (Å²) in [5.41, 5.74) is 4.83. The van der Waals surface area contributed by atoms with E-state index in [9.17, 15) is 9.59 Å². The molecule has 0 radical (unpaired) electrons. The number of ether oxygens (including phenoxy) is 1. The van der Waals surface area contributed by atoms with Crippen molar-refractivity contribution in [1.29, 1.82) is 0 Å². The van der Waals surface area contributed by atoms with E-state index < -0.39 is 0 Å². The number of aromatic nitrogens is 2. The number of nitrogens with zero attached hydrogens (tertiary/aromatic N) is 4. The molecule has 3 aromatic rings. The molecule has 0 fully saturated rings. The number of aryl methyl sites for hydroxylation is 1. The molecule has 2 aliphatic heterocycles. The minimum atomic E-state index is -0.297. The van der Waals surface area contributed by atoms with Gasteiger partial charge in [0.2, 0.25) is 5.91 Å². The summed E-state index contributed by atoms with van der Waals surface area (Å²) < 4.78 is 5.59. The molecular weight excluding hydrogens is 416 g/mol. The summed E-state index contributed by atoms with van der Waals surface area (Å²) in [5, 5.41) is 0.563. The molecule has 156 valence electrons. The van der Waals surface area contributed by atoms with Crippen LogP contribution in [0.1, 0.15) is 16.7 Å². The van der Waals surface area contributed by atoms with Crippen LogP contribution in [0.15, 0.2) is 48.8 Å². The van der Waals surface area contributed by atoms with E-state index in [1.807, 2.05) is 13.0 Å². The van der Waals surface area contributed by atoms with Crippen molar-refractivity contribution in [2.24, 2.45) is 0 Å². The molecule has 0 aliphatic carbocycles. The average Bonchev–Trinajstić information content (AvgIpc) is 3.18. The zero-order valence-electron chi connectivity index (χ0n) is 16.8. The van der Waals surface area contributed by atoms with Gasteiger partial charge in [-0.05, 0) is 36.2 Å². The molecule has 2 amide bonds. The third-order valence-corrected chi connectivity index (χ3v) is 5.72. The van der Waals surface area contributed by atoms with Gasteiger partial charge in [0, 0.05) is 36.1 Å². The first kappa shape index (κ1) is 19.5. The first-order valence-electron chi connectivity index (χ1n) is 9.89.